The molecule has 0 unspecified atom stereocenters. The molecule has 0 atom stereocenters. The molecule has 0 spiro atoms. The number of rotatable bonds is 3. The van der Waals surface area contributed by atoms with Crippen LogP contribution in [0.5, 0.6) is 0 Å². The fourth-order valence-electron chi connectivity index (χ4n) is 2.38. The number of nitrogens with one attached hydrogen (secondary N) is 1. The highest BCUT2D eigenvalue weighted by atomic mass is 79.9. The third-order valence-electron chi connectivity index (χ3n) is 3.50. The molecule has 1 aliphatic heterocycles. The number of nitrogens with zero attached hydrogens (tertiary/aromatic N) is 1. The summed E-state index contributed by atoms with van der Waals surface area (Å²) in [5.74, 6) is 0.0153. The van der Waals surface area contributed by atoms with Gasteiger partial charge in [0.05, 0.1) is 4.47 Å². The van der Waals surface area contributed by atoms with Gasteiger partial charge in [-0.1, -0.05) is 0 Å². The van der Waals surface area contributed by atoms with Crippen LogP contribution in [0.4, 0.5) is 4.39 Å². The van der Waals surface area contributed by atoms with Gasteiger partial charge in [0.2, 0.25) is 0 Å². The summed E-state index contributed by atoms with van der Waals surface area (Å²) < 4.78 is 13.8. The molecule has 1 aliphatic rings. The molecule has 1 fully saturated rings. The summed E-state index contributed by atoms with van der Waals surface area (Å²) in [6.45, 7) is 2.76. The lowest BCUT2D eigenvalue weighted by Crippen LogP contribution is -2.37. The largest absolute Gasteiger partial charge is 0.341 e. The lowest BCUT2D eigenvalue weighted by atomic mass is 9.97. The molecule has 1 amide bonds. The molecule has 0 bridgehead atoms. The average molecular weight is 329 g/mol. The third kappa shape index (κ3) is 3.76. The van der Waals surface area contributed by atoms with Crippen LogP contribution in [-0.2, 0) is 0 Å². The van der Waals surface area contributed by atoms with Gasteiger partial charge in [0.1, 0.15) is 5.82 Å². The van der Waals surface area contributed by atoms with Crippen molar-refractivity contribution in [3.63, 3.8) is 0 Å². The lowest BCUT2D eigenvalue weighted by molar-refractivity contribution is 0.0762. The number of halogens is 2. The van der Waals surface area contributed by atoms with Gasteiger partial charge in [0.25, 0.3) is 5.91 Å². The number of carbonyl (C=O) groups is 1. The van der Waals surface area contributed by atoms with E-state index < -0.39 is 5.82 Å². The summed E-state index contributed by atoms with van der Waals surface area (Å²) in [5.41, 5.74) is 0.400. The van der Waals surface area contributed by atoms with Gasteiger partial charge in [-0.3, -0.25) is 4.79 Å². The molecular formula is C14H18BrFN2O. The van der Waals surface area contributed by atoms with E-state index in [0.717, 1.165) is 32.5 Å². The number of hydrogen-bond acceptors (Lipinski definition) is 2. The predicted octanol–water partition coefficient (Wildman–Crippen LogP) is 2.66. The quantitative estimate of drug-likeness (QED) is 0.925. The summed E-state index contributed by atoms with van der Waals surface area (Å²) in [4.78, 5) is 13.9. The Labute approximate surface area is 121 Å². The van der Waals surface area contributed by atoms with Gasteiger partial charge >= 0.3 is 0 Å². The summed E-state index contributed by atoms with van der Waals surface area (Å²) in [6, 6.07) is 4.50. The molecule has 1 aromatic rings. The molecule has 1 aromatic carbocycles. The maximum atomic E-state index is 13.4. The molecule has 0 saturated carbocycles. The van der Waals surface area contributed by atoms with Crippen molar-refractivity contribution in [1.29, 1.82) is 0 Å². The molecule has 1 heterocycles. The van der Waals surface area contributed by atoms with E-state index in [0.29, 0.717) is 16.0 Å². The first-order chi connectivity index (χ1) is 9.08. The normalized spacial score (nSPS) is 16.4. The monoisotopic (exact) mass is 328 g/mol. The Morgan fingerprint density at radius 3 is 2.79 bits per heavy atom. The molecule has 104 valence electrons. The molecule has 0 aromatic heterocycles. The second-order valence-electron chi connectivity index (χ2n) is 5.01. The van der Waals surface area contributed by atoms with E-state index in [1.54, 1.807) is 24.1 Å². The first kappa shape index (κ1) is 14.5. The van der Waals surface area contributed by atoms with Crippen LogP contribution in [-0.4, -0.2) is 37.5 Å². The molecule has 1 saturated heterocycles. The zero-order chi connectivity index (χ0) is 13.8. The van der Waals surface area contributed by atoms with E-state index in [4.69, 9.17) is 0 Å². The number of piperidine rings is 1. The van der Waals surface area contributed by atoms with E-state index in [1.165, 1.54) is 6.07 Å². The predicted molar refractivity (Wildman–Crippen MR) is 76.7 cm³/mol. The van der Waals surface area contributed by atoms with Crippen molar-refractivity contribution in [2.75, 3.05) is 26.7 Å². The minimum absolute atomic E-state index is 0.120. The van der Waals surface area contributed by atoms with Crippen molar-refractivity contribution in [3.8, 4) is 0 Å². The van der Waals surface area contributed by atoms with Crippen molar-refractivity contribution in [1.82, 2.24) is 10.2 Å². The smallest absolute Gasteiger partial charge is 0.253 e. The van der Waals surface area contributed by atoms with Crippen LogP contribution in [0.2, 0.25) is 0 Å². The van der Waals surface area contributed by atoms with Crippen molar-refractivity contribution in [2.45, 2.75) is 12.8 Å². The van der Waals surface area contributed by atoms with Crippen LogP contribution in [0.1, 0.15) is 23.2 Å². The SMILES string of the molecule is CN(CC1CCNCC1)C(=O)c1ccc(Br)c(F)c1. The Hall–Kier alpha value is -0.940. The van der Waals surface area contributed by atoms with Crippen molar-refractivity contribution in [2.24, 2.45) is 5.92 Å². The number of benzene rings is 1. The number of carbonyl (C=O) groups excluding carboxylic acids is 1. The lowest BCUT2D eigenvalue weighted by Gasteiger charge is -2.27. The first-order valence-corrected chi connectivity index (χ1v) is 7.28. The van der Waals surface area contributed by atoms with Crippen LogP contribution >= 0.6 is 15.9 Å². The van der Waals surface area contributed by atoms with Crippen LogP contribution < -0.4 is 5.32 Å². The van der Waals surface area contributed by atoms with Crippen molar-refractivity contribution < 1.29 is 9.18 Å². The highest BCUT2D eigenvalue weighted by Gasteiger charge is 2.19. The number of hydrogen-bond donors (Lipinski definition) is 1. The molecule has 5 heteroatoms. The maximum Gasteiger partial charge on any atom is 0.253 e. The Morgan fingerprint density at radius 2 is 2.16 bits per heavy atom. The average Bonchev–Trinajstić information content (AvgIpc) is 2.42. The van der Waals surface area contributed by atoms with Gasteiger partial charge in [-0.2, -0.15) is 0 Å². The minimum Gasteiger partial charge on any atom is -0.341 e. The van der Waals surface area contributed by atoms with Gasteiger partial charge < -0.3 is 10.2 Å². The molecule has 0 radical (unpaired) electrons. The fraction of sp³-hybridized carbons (Fsp3) is 0.500. The molecule has 3 nitrogen and oxygen atoms in total. The molecule has 2 rings (SSSR count). The van der Waals surface area contributed by atoms with E-state index in [2.05, 4.69) is 21.2 Å². The second kappa shape index (κ2) is 6.48. The van der Waals surface area contributed by atoms with Crippen LogP contribution in [0.3, 0.4) is 0 Å². The Morgan fingerprint density at radius 1 is 1.47 bits per heavy atom. The fourth-order valence-corrected chi connectivity index (χ4v) is 2.63. The number of amides is 1. The van der Waals surface area contributed by atoms with E-state index in [9.17, 15) is 9.18 Å². The molecule has 0 aliphatic carbocycles. The minimum atomic E-state index is -0.402. The van der Waals surface area contributed by atoms with E-state index in [-0.39, 0.29) is 5.91 Å². The van der Waals surface area contributed by atoms with Gasteiger partial charge in [-0.05, 0) is 66.0 Å². The summed E-state index contributed by atoms with van der Waals surface area (Å²) in [6.07, 6.45) is 2.18. The van der Waals surface area contributed by atoms with Crippen molar-refractivity contribution in [3.05, 3.63) is 34.1 Å². The maximum absolute atomic E-state index is 13.4. The van der Waals surface area contributed by atoms with Crippen molar-refractivity contribution >= 4 is 21.8 Å². The zero-order valence-corrected chi connectivity index (χ0v) is 12.5. The van der Waals surface area contributed by atoms with Gasteiger partial charge in [-0.25, -0.2) is 4.39 Å². The third-order valence-corrected chi connectivity index (χ3v) is 4.15. The first-order valence-electron chi connectivity index (χ1n) is 6.49. The Kier molecular flexibility index (Phi) is 4.93. The van der Waals surface area contributed by atoms with E-state index >= 15 is 0 Å². The topological polar surface area (TPSA) is 32.3 Å². The van der Waals surface area contributed by atoms with Gasteiger partial charge in [-0.15, -0.1) is 0 Å². The van der Waals surface area contributed by atoms with Crippen LogP contribution in [0.25, 0.3) is 0 Å². The Bertz CT molecular complexity index is 461. The zero-order valence-electron chi connectivity index (χ0n) is 11.0. The molecule has 19 heavy (non-hydrogen) atoms. The van der Waals surface area contributed by atoms with Crippen LogP contribution in [0, 0.1) is 11.7 Å². The Balaban J connectivity index is 1.99. The van der Waals surface area contributed by atoms with E-state index in [1.807, 2.05) is 0 Å². The van der Waals surface area contributed by atoms with Crippen LogP contribution in [0.15, 0.2) is 22.7 Å². The van der Waals surface area contributed by atoms with Gasteiger partial charge in [0, 0.05) is 19.2 Å². The summed E-state index contributed by atoms with van der Waals surface area (Å²) in [5, 5.41) is 3.30. The summed E-state index contributed by atoms with van der Waals surface area (Å²) >= 11 is 3.09. The second-order valence-corrected chi connectivity index (χ2v) is 5.86. The highest BCUT2D eigenvalue weighted by molar-refractivity contribution is 9.10. The highest BCUT2D eigenvalue weighted by Crippen LogP contribution is 2.18. The standard InChI is InChI=1S/C14H18BrFN2O/c1-18(9-10-4-6-17-7-5-10)14(19)11-2-3-12(15)13(16)8-11/h2-3,8,10,17H,4-7,9H2,1H3. The van der Waals surface area contributed by atoms with Gasteiger partial charge in [0.15, 0.2) is 0 Å². The summed E-state index contributed by atoms with van der Waals surface area (Å²) in [7, 11) is 1.78. The molecule has 1 N–H and O–H groups in total. The molecular weight excluding hydrogens is 311 g/mol.